The van der Waals surface area contributed by atoms with Crippen LogP contribution in [-0.4, -0.2) is 0 Å². The Bertz CT molecular complexity index is 1410. The monoisotopic (exact) mass is 370 g/mol. The second-order valence-electron chi connectivity index (χ2n) is 8.87. The molecule has 0 radical (unpaired) electrons. The summed E-state index contributed by atoms with van der Waals surface area (Å²) in [6, 6.07) is 31.9. The lowest BCUT2D eigenvalue weighted by Crippen LogP contribution is -2.11. The maximum atomic E-state index is 2.43. The Morgan fingerprint density at radius 1 is 0.621 bits per heavy atom. The highest BCUT2D eigenvalue weighted by molar-refractivity contribution is 6.23. The maximum absolute atomic E-state index is 2.43. The molecule has 5 aromatic carbocycles. The number of fused-ring (bicyclic) bond motifs is 2. The van der Waals surface area contributed by atoms with E-state index in [4.69, 9.17) is 0 Å². The molecule has 2 aliphatic carbocycles. The molecule has 29 heavy (non-hydrogen) atoms. The van der Waals surface area contributed by atoms with Gasteiger partial charge in [0.25, 0.3) is 0 Å². The van der Waals surface area contributed by atoms with Crippen molar-refractivity contribution in [1.29, 1.82) is 0 Å². The van der Waals surface area contributed by atoms with Crippen LogP contribution in [0, 0.1) is 5.92 Å². The number of hydrogen-bond donors (Lipinski definition) is 0. The van der Waals surface area contributed by atoms with Gasteiger partial charge in [0.05, 0.1) is 0 Å². The molecular formula is C29H22. The Morgan fingerprint density at radius 3 is 2.17 bits per heavy atom. The van der Waals surface area contributed by atoms with E-state index in [0.717, 1.165) is 5.92 Å². The SMILES string of the molecule is c1ccc(C2=C3CCC(C3)C2c2ccc3ccc4cccc5ccc2c3c45)cc1. The van der Waals surface area contributed by atoms with E-state index >= 15 is 0 Å². The van der Waals surface area contributed by atoms with Crippen molar-refractivity contribution in [2.24, 2.45) is 5.92 Å². The number of rotatable bonds is 2. The summed E-state index contributed by atoms with van der Waals surface area (Å²) in [7, 11) is 0. The minimum Gasteiger partial charge on any atom is -0.0655 e. The van der Waals surface area contributed by atoms with Crippen molar-refractivity contribution < 1.29 is 0 Å². The molecular weight excluding hydrogens is 348 g/mol. The summed E-state index contributed by atoms with van der Waals surface area (Å²) in [6.07, 6.45) is 3.92. The molecule has 138 valence electrons. The Labute approximate surface area is 170 Å². The van der Waals surface area contributed by atoms with Crippen LogP contribution in [0.5, 0.6) is 0 Å². The zero-order chi connectivity index (χ0) is 18.9. The highest BCUT2D eigenvalue weighted by atomic mass is 14.4. The van der Waals surface area contributed by atoms with Gasteiger partial charge in [-0.1, -0.05) is 90.5 Å². The van der Waals surface area contributed by atoms with Crippen molar-refractivity contribution in [1.82, 2.24) is 0 Å². The molecule has 5 aromatic rings. The largest absolute Gasteiger partial charge is 0.0655 e. The van der Waals surface area contributed by atoms with Crippen molar-refractivity contribution in [3.8, 4) is 0 Å². The van der Waals surface area contributed by atoms with Crippen LogP contribution in [0.2, 0.25) is 0 Å². The molecule has 0 amide bonds. The van der Waals surface area contributed by atoms with Crippen molar-refractivity contribution >= 4 is 37.9 Å². The quantitative estimate of drug-likeness (QED) is 0.277. The van der Waals surface area contributed by atoms with Gasteiger partial charge in [-0.15, -0.1) is 0 Å². The average molecular weight is 370 g/mol. The summed E-state index contributed by atoms with van der Waals surface area (Å²) in [4.78, 5) is 0. The van der Waals surface area contributed by atoms with Crippen molar-refractivity contribution in [2.45, 2.75) is 25.2 Å². The van der Waals surface area contributed by atoms with Crippen LogP contribution in [-0.2, 0) is 0 Å². The van der Waals surface area contributed by atoms with E-state index in [-0.39, 0.29) is 0 Å². The van der Waals surface area contributed by atoms with Crippen LogP contribution >= 0.6 is 0 Å². The molecule has 0 saturated heterocycles. The molecule has 2 unspecified atom stereocenters. The van der Waals surface area contributed by atoms with Crippen LogP contribution in [0.25, 0.3) is 37.9 Å². The van der Waals surface area contributed by atoms with Gasteiger partial charge in [0.1, 0.15) is 0 Å². The Morgan fingerprint density at radius 2 is 1.34 bits per heavy atom. The lowest BCUT2D eigenvalue weighted by atomic mass is 9.76. The summed E-state index contributed by atoms with van der Waals surface area (Å²) in [5, 5.41) is 8.42. The predicted molar refractivity (Wildman–Crippen MR) is 124 cm³/mol. The normalized spacial score (nSPS) is 21.2. The highest BCUT2D eigenvalue weighted by Crippen LogP contribution is 2.57. The molecule has 7 rings (SSSR count). The summed E-state index contributed by atoms with van der Waals surface area (Å²) in [5.74, 6) is 1.30. The summed E-state index contributed by atoms with van der Waals surface area (Å²) in [6.45, 7) is 0. The van der Waals surface area contributed by atoms with Gasteiger partial charge in [-0.05, 0) is 74.2 Å². The van der Waals surface area contributed by atoms with Crippen molar-refractivity contribution in [2.75, 3.05) is 0 Å². The Balaban J connectivity index is 1.54. The maximum Gasteiger partial charge on any atom is 0.0132 e. The van der Waals surface area contributed by atoms with Crippen molar-refractivity contribution in [3.63, 3.8) is 0 Å². The van der Waals surface area contributed by atoms with Gasteiger partial charge in [0, 0.05) is 5.92 Å². The standard InChI is InChI=1S/C29H22/c1-2-5-18(6-3-1)27-22-11-12-23(17-22)29(27)25-16-14-21-10-9-19-7-4-8-20-13-15-24(25)28(21)26(19)20/h1-10,13-16,23,29H,11-12,17H2. The van der Waals surface area contributed by atoms with Gasteiger partial charge >= 0.3 is 0 Å². The molecule has 2 bridgehead atoms. The Hall–Kier alpha value is -3.12. The minimum atomic E-state index is 0.533. The van der Waals surface area contributed by atoms with E-state index < -0.39 is 0 Å². The third-order valence-corrected chi connectivity index (χ3v) is 7.47. The number of hydrogen-bond acceptors (Lipinski definition) is 0. The molecule has 0 aromatic heterocycles. The first kappa shape index (κ1) is 15.8. The summed E-state index contributed by atoms with van der Waals surface area (Å²) >= 11 is 0. The first-order chi connectivity index (χ1) is 14.4. The lowest BCUT2D eigenvalue weighted by Gasteiger charge is -2.27. The van der Waals surface area contributed by atoms with E-state index in [1.54, 1.807) is 11.1 Å². The van der Waals surface area contributed by atoms with Gasteiger partial charge in [0.2, 0.25) is 0 Å². The smallest absolute Gasteiger partial charge is 0.0132 e. The fraction of sp³-hybridized carbons (Fsp3) is 0.172. The van der Waals surface area contributed by atoms with Gasteiger partial charge in [-0.2, -0.15) is 0 Å². The number of benzene rings is 5. The average Bonchev–Trinajstić information content (AvgIpc) is 3.40. The third-order valence-electron chi connectivity index (χ3n) is 7.47. The first-order valence-electron chi connectivity index (χ1n) is 10.8. The molecule has 0 heteroatoms. The first-order valence-corrected chi connectivity index (χ1v) is 10.8. The fourth-order valence-electron chi connectivity index (χ4n) is 6.30. The Kier molecular flexibility index (Phi) is 3.10. The van der Waals surface area contributed by atoms with E-state index in [0.29, 0.717) is 5.92 Å². The minimum absolute atomic E-state index is 0.533. The van der Waals surface area contributed by atoms with E-state index in [1.165, 1.54) is 62.7 Å². The summed E-state index contributed by atoms with van der Waals surface area (Å²) < 4.78 is 0. The highest BCUT2D eigenvalue weighted by Gasteiger charge is 2.41. The lowest BCUT2D eigenvalue weighted by molar-refractivity contribution is 0.522. The topological polar surface area (TPSA) is 0 Å². The molecule has 0 nitrogen and oxygen atoms in total. The van der Waals surface area contributed by atoms with E-state index in [1.807, 2.05) is 0 Å². The fourth-order valence-corrected chi connectivity index (χ4v) is 6.30. The summed E-state index contributed by atoms with van der Waals surface area (Å²) in [5.41, 5.74) is 6.29. The molecule has 2 atom stereocenters. The van der Waals surface area contributed by atoms with Crippen LogP contribution in [0.1, 0.15) is 36.3 Å². The predicted octanol–water partition coefficient (Wildman–Crippen LogP) is 7.94. The van der Waals surface area contributed by atoms with Crippen LogP contribution in [0.4, 0.5) is 0 Å². The van der Waals surface area contributed by atoms with Gasteiger partial charge in [-0.3, -0.25) is 0 Å². The number of allylic oxidation sites excluding steroid dienone is 2. The van der Waals surface area contributed by atoms with Crippen LogP contribution in [0.15, 0.2) is 90.5 Å². The molecule has 1 fully saturated rings. The third kappa shape index (κ3) is 2.09. The van der Waals surface area contributed by atoms with E-state index in [2.05, 4.69) is 84.9 Å². The van der Waals surface area contributed by atoms with Gasteiger partial charge in [0.15, 0.2) is 0 Å². The van der Waals surface area contributed by atoms with Gasteiger partial charge < -0.3 is 0 Å². The molecule has 0 N–H and O–H groups in total. The second-order valence-corrected chi connectivity index (χ2v) is 8.87. The molecule has 0 spiro atoms. The van der Waals surface area contributed by atoms with Crippen LogP contribution < -0.4 is 0 Å². The van der Waals surface area contributed by atoms with E-state index in [9.17, 15) is 0 Å². The van der Waals surface area contributed by atoms with Gasteiger partial charge in [-0.25, -0.2) is 0 Å². The second kappa shape index (κ2) is 5.70. The van der Waals surface area contributed by atoms with Crippen molar-refractivity contribution in [3.05, 3.63) is 102 Å². The molecule has 1 saturated carbocycles. The molecule has 2 aliphatic rings. The molecule has 0 aliphatic heterocycles. The molecule has 0 heterocycles. The van der Waals surface area contributed by atoms with Crippen LogP contribution in [0.3, 0.4) is 0 Å². The zero-order valence-electron chi connectivity index (χ0n) is 16.4. The zero-order valence-corrected chi connectivity index (χ0v) is 16.4.